The fourth-order valence-corrected chi connectivity index (χ4v) is 2.16. The van der Waals surface area contributed by atoms with Crippen molar-refractivity contribution >= 4 is 11.8 Å². The monoisotopic (exact) mass is 262 g/mol. The summed E-state index contributed by atoms with van der Waals surface area (Å²) in [4.78, 5) is 11.2. The Morgan fingerprint density at radius 1 is 1.42 bits per heavy atom. The van der Waals surface area contributed by atoms with Crippen molar-refractivity contribution in [2.75, 3.05) is 13.7 Å². The highest BCUT2D eigenvalue weighted by molar-refractivity contribution is 6.03. The first-order chi connectivity index (χ1) is 9.24. The minimum Gasteiger partial charge on any atom is -0.497 e. The molecule has 0 bridgehead atoms. The van der Waals surface area contributed by atoms with Crippen LogP contribution in [-0.2, 0) is 11.2 Å². The normalized spacial score (nSPS) is 15.8. The van der Waals surface area contributed by atoms with Crippen molar-refractivity contribution < 1.29 is 14.3 Å². The van der Waals surface area contributed by atoms with Crippen LogP contribution in [0.5, 0.6) is 5.75 Å². The first-order valence-electron chi connectivity index (χ1n) is 6.41. The van der Waals surface area contributed by atoms with Gasteiger partial charge in [-0.15, -0.1) is 0 Å². The molecule has 5 heteroatoms. The van der Waals surface area contributed by atoms with E-state index in [0.29, 0.717) is 6.61 Å². The van der Waals surface area contributed by atoms with Crippen molar-refractivity contribution in [3.63, 3.8) is 0 Å². The zero-order chi connectivity index (χ0) is 13.7. The molecule has 1 amide bonds. The van der Waals surface area contributed by atoms with Crippen LogP contribution in [0.1, 0.15) is 30.9 Å². The van der Waals surface area contributed by atoms with Gasteiger partial charge in [-0.05, 0) is 49.9 Å². The van der Waals surface area contributed by atoms with Crippen LogP contribution in [0.25, 0.3) is 0 Å². The summed E-state index contributed by atoms with van der Waals surface area (Å²) in [5.41, 5.74) is 5.58. The van der Waals surface area contributed by atoms with E-state index in [0.717, 1.165) is 36.3 Å². The van der Waals surface area contributed by atoms with Gasteiger partial charge in [0.15, 0.2) is 0 Å². The first-order valence-corrected chi connectivity index (χ1v) is 6.41. The summed E-state index contributed by atoms with van der Waals surface area (Å²) < 4.78 is 10.00. The fraction of sp³-hybridized carbons (Fsp3) is 0.429. The van der Waals surface area contributed by atoms with Gasteiger partial charge in [-0.3, -0.25) is 0 Å². The highest BCUT2D eigenvalue weighted by Gasteiger charge is 2.16. The summed E-state index contributed by atoms with van der Waals surface area (Å²) >= 11 is 0. The van der Waals surface area contributed by atoms with E-state index in [2.05, 4.69) is 10.5 Å². The summed E-state index contributed by atoms with van der Waals surface area (Å²) in [5.74, 6) is 0.846. The average molecular weight is 262 g/mol. The summed E-state index contributed by atoms with van der Waals surface area (Å²) in [5, 5.41) is 4.15. The van der Waals surface area contributed by atoms with Gasteiger partial charge in [0.25, 0.3) is 0 Å². The highest BCUT2D eigenvalue weighted by Crippen LogP contribution is 2.25. The van der Waals surface area contributed by atoms with Gasteiger partial charge in [0.05, 0.1) is 19.4 Å². The Morgan fingerprint density at radius 3 is 3.00 bits per heavy atom. The molecule has 102 valence electrons. The number of carbonyl (C=O) groups excluding carboxylic acids is 1. The number of nitrogens with zero attached hydrogens (tertiary/aromatic N) is 1. The van der Waals surface area contributed by atoms with Gasteiger partial charge < -0.3 is 9.47 Å². The van der Waals surface area contributed by atoms with Crippen molar-refractivity contribution in [2.45, 2.75) is 26.2 Å². The highest BCUT2D eigenvalue weighted by atomic mass is 16.5. The summed E-state index contributed by atoms with van der Waals surface area (Å²) in [6, 6.07) is 5.91. The van der Waals surface area contributed by atoms with E-state index >= 15 is 0 Å². The molecular formula is C14H18N2O3. The second-order valence-corrected chi connectivity index (χ2v) is 4.27. The number of aryl methyl sites for hydroxylation is 1. The molecule has 0 saturated heterocycles. The molecule has 0 heterocycles. The number of nitrogens with one attached hydrogen (secondary N) is 1. The van der Waals surface area contributed by atoms with E-state index in [-0.39, 0.29) is 0 Å². The van der Waals surface area contributed by atoms with Crippen LogP contribution < -0.4 is 10.2 Å². The van der Waals surface area contributed by atoms with E-state index in [1.165, 1.54) is 5.56 Å². The van der Waals surface area contributed by atoms with Crippen LogP contribution in [0.4, 0.5) is 4.79 Å². The second-order valence-electron chi connectivity index (χ2n) is 4.27. The number of rotatable bonds is 3. The minimum atomic E-state index is -0.518. The fourth-order valence-electron chi connectivity index (χ4n) is 2.16. The van der Waals surface area contributed by atoms with Crippen molar-refractivity contribution in [1.82, 2.24) is 5.43 Å². The third-order valence-electron chi connectivity index (χ3n) is 3.04. The van der Waals surface area contributed by atoms with Gasteiger partial charge in [0.2, 0.25) is 0 Å². The predicted molar refractivity (Wildman–Crippen MR) is 72.6 cm³/mol. The van der Waals surface area contributed by atoms with E-state index in [1.807, 2.05) is 18.2 Å². The van der Waals surface area contributed by atoms with Crippen molar-refractivity contribution in [3.8, 4) is 5.75 Å². The van der Waals surface area contributed by atoms with Crippen LogP contribution in [-0.4, -0.2) is 25.5 Å². The van der Waals surface area contributed by atoms with Gasteiger partial charge in [0.1, 0.15) is 5.75 Å². The Bertz CT molecular complexity index is 497. The SMILES string of the molecule is CCOC(=O)N/N=C1/CCCc2cc(OC)ccc21. The summed E-state index contributed by atoms with van der Waals surface area (Å²) in [6.07, 6.45) is 2.36. The molecule has 0 spiro atoms. The molecule has 1 aromatic rings. The molecule has 0 saturated carbocycles. The molecule has 0 radical (unpaired) electrons. The molecular weight excluding hydrogens is 244 g/mol. The van der Waals surface area contributed by atoms with Crippen LogP contribution in [0.2, 0.25) is 0 Å². The number of hydrazone groups is 1. The average Bonchev–Trinajstić information content (AvgIpc) is 2.44. The Morgan fingerprint density at radius 2 is 2.26 bits per heavy atom. The number of hydrogen-bond donors (Lipinski definition) is 1. The smallest absolute Gasteiger partial charge is 0.427 e. The second kappa shape index (κ2) is 6.22. The number of benzene rings is 1. The van der Waals surface area contributed by atoms with Crippen LogP contribution in [0, 0.1) is 0 Å². The summed E-state index contributed by atoms with van der Waals surface area (Å²) in [7, 11) is 1.65. The molecule has 19 heavy (non-hydrogen) atoms. The van der Waals surface area contributed by atoms with E-state index in [9.17, 15) is 4.79 Å². The molecule has 2 rings (SSSR count). The Balaban J connectivity index is 2.17. The van der Waals surface area contributed by atoms with Crippen molar-refractivity contribution in [2.24, 2.45) is 5.10 Å². The third kappa shape index (κ3) is 3.24. The Hall–Kier alpha value is -2.04. The molecule has 1 N–H and O–H groups in total. The quantitative estimate of drug-likeness (QED) is 0.851. The topological polar surface area (TPSA) is 59.9 Å². The number of amides is 1. The maximum atomic E-state index is 11.2. The maximum absolute atomic E-state index is 11.2. The zero-order valence-electron chi connectivity index (χ0n) is 11.2. The number of ether oxygens (including phenoxy) is 2. The number of fused-ring (bicyclic) bond motifs is 1. The number of hydrogen-bond acceptors (Lipinski definition) is 4. The number of carbonyl (C=O) groups is 1. The lowest BCUT2D eigenvalue weighted by atomic mass is 9.90. The molecule has 0 aliphatic heterocycles. The zero-order valence-corrected chi connectivity index (χ0v) is 11.2. The lowest BCUT2D eigenvalue weighted by Crippen LogP contribution is -2.22. The Labute approximate surface area is 112 Å². The lowest BCUT2D eigenvalue weighted by molar-refractivity contribution is 0.152. The van der Waals surface area contributed by atoms with Gasteiger partial charge in [-0.1, -0.05) is 0 Å². The first kappa shape index (κ1) is 13.4. The molecule has 0 atom stereocenters. The molecule has 5 nitrogen and oxygen atoms in total. The van der Waals surface area contributed by atoms with Crippen molar-refractivity contribution in [3.05, 3.63) is 29.3 Å². The van der Waals surface area contributed by atoms with Crippen LogP contribution in [0.3, 0.4) is 0 Å². The van der Waals surface area contributed by atoms with Gasteiger partial charge >= 0.3 is 6.09 Å². The third-order valence-corrected chi connectivity index (χ3v) is 3.04. The van der Waals surface area contributed by atoms with Gasteiger partial charge in [0, 0.05) is 5.56 Å². The van der Waals surface area contributed by atoms with E-state index in [1.54, 1.807) is 14.0 Å². The molecule has 0 unspecified atom stereocenters. The van der Waals surface area contributed by atoms with Gasteiger partial charge in [-0.25, -0.2) is 10.2 Å². The van der Waals surface area contributed by atoms with Gasteiger partial charge in [-0.2, -0.15) is 5.10 Å². The molecule has 1 aromatic carbocycles. The van der Waals surface area contributed by atoms with E-state index in [4.69, 9.17) is 9.47 Å². The molecule has 1 aliphatic carbocycles. The van der Waals surface area contributed by atoms with E-state index < -0.39 is 6.09 Å². The van der Waals surface area contributed by atoms with Crippen LogP contribution in [0.15, 0.2) is 23.3 Å². The lowest BCUT2D eigenvalue weighted by Gasteiger charge is -2.18. The standard InChI is InChI=1S/C14H18N2O3/c1-3-19-14(17)16-15-13-6-4-5-10-9-11(18-2)7-8-12(10)13/h7-9H,3-6H2,1-2H3,(H,16,17)/b15-13-. The molecule has 0 aromatic heterocycles. The van der Waals surface area contributed by atoms with Crippen molar-refractivity contribution in [1.29, 1.82) is 0 Å². The number of methoxy groups -OCH3 is 1. The predicted octanol–water partition coefficient (Wildman–Crippen LogP) is 2.48. The minimum absolute atomic E-state index is 0.338. The largest absolute Gasteiger partial charge is 0.497 e. The molecule has 1 aliphatic rings. The molecule has 0 fully saturated rings. The van der Waals surface area contributed by atoms with Crippen LogP contribution >= 0.6 is 0 Å². The Kier molecular flexibility index (Phi) is 4.39. The maximum Gasteiger partial charge on any atom is 0.427 e. The summed E-state index contributed by atoms with van der Waals surface area (Å²) in [6.45, 7) is 2.10.